The van der Waals surface area contributed by atoms with Crippen molar-refractivity contribution in [1.82, 2.24) is 0 Å². The van der Waals surface area contributed by atoms with E-state index in [4.69, 9.17) is 0 Å². The van der Waals surface area contributed by atoms with Crippen LogP contribution >= 0.6 is 0 Å². The number of anilines is 2. The normalized spacial score (nSPS) is 14.9. The molecule has 2 nitrogen and oxygen atoms in total. The zero-order chi connectivity index (χ0) is 23.0. The van der Waals surface area contributed by atoms with Gasteiger partial charge in [0, 0.05) is 0 Å². The summed E-state index contributed by atoms with van der Waals surface area (Å²) >= 11 is 0. The van der Waals surface area contributed by atoms with Crippen LogP contribution in [0.4, 0.5) is 20.2 Å². The van der Waals surface area contributed by atoms with Gasteiger partial charge in [0.15, 0.2) is 0 Å². The summed E-state index contributed by atoms with van der Waals surface area (Å²) < 4.78 is 31.1. The van der Waals surface area contributed by atoms with Crippen molar-refractivity contribution in [3.8, 4) is 0 Å². The maximum absolute atomic E-state index is 15.5. The summed E-state index contributed by atoms with van der Waals surface area (Å²) in [6, 6.07) is 12.2. The predicted molar refractivity (Wildman–Crippen MR) is 128 cm³/mol. The van der Waals surface area contributed by atoms with E-state index in [-0.39, 0.29) is 30.3 Å². The lowest BCUT2D eigenvalue weighted by atomic mass is 9.91. The van der Waals surface area contributed by atoms with Gasteiger partial charge in [-0.25, -0.2) is 0 Å². The number of hydrogen-bond acceptors (Lipinski definition) is 2. The number of rotatable bonds is 6. The van der Waals surface area contributed by atoms with Crippen molar-refractivity contribution in [1.29, 1.82) is 0 Å². The van der Waals surface area contributed by atoms with Gasteiger partial charge in [-0.15, -0.1) is 0 Å². The second-order valence-electron chi connectivity index (χ2n) is 9.77. The number of para-hydroxylation sites is 2. The first kappa shape index (κ1) is 23.3. The Balaban J connectivity index is 2.19. The molecule has 1 aliphatic rings. The molecule has 0 aliphatic carbocycles. The molecular weight excluding hydrogens is 390 g/mol. The maximum atomic E-state index is 15.5. The zero-order valence-electron chi connectivity index (χ0n) is 20.1. The molecule has 1 aliphatic heterocycles. The molecule has 0 saturated heterocycles. The Morgan fingerprint density at radius 3 is 1.03 bits per heavy atom. The molecule has 0 saturated carbocycles. The van der Waals surface area contributed by atoms with Crippen LogP contribution in [0, 0.1) is 0 Å². The van der Waals surface area contributed by atoms with Crippen molar-refractivity contribution in [2.45, 2.75) is 79.1 Å². The fraction of sp³-hybridized carbons (Fsp3) is 0.481. The standard InChI is InChI=1S/C27H36F2N2/c1-16(2)20-11-9-12-21(17(3)4)24(20)30-15-31(27(29)26(30)28)25-22(18(5)6)13-10-14-23(25)19(7)8/h9-14,16-19H,15H2,1-8H3. The average Bonchev–Trinajstić information content (AvgIpc) is 3.00. The first-order chi connectivity index (χ1) is 14.6. The van der Waals surface area contributed by atoms with Gasteiger partial charge in [-0.05, 0) is 45.9 Å². The van der Waals surface area contributed by atoms with Gasteiger partial charge < -0.3 is 0 Å². The molecule has 0 radical (unpaired) electrons. The average molecular weight is 427 g/mol. The topological polar surface area (TPSA) is 6.48 Å². The molecular formula is C27H36F2N2. The largest absolute Gasteiger partial charge is 0.295 e. The van der Waals surface area contributed by atoms with Gasteiger partial charge in [0.2, 0.25) is 11.9 Å². The summed E-state index contributed by atoms with van der Waals surface area (Å²) in [6.07, 6.45) is 0. The van der Waals surface area contributed by atoms with E-state index in [2.05, 4.69) is 55.4 Å². The Hall–Kier alpha value is -2.36. The van der Waals surface area contributed by atoms with Crippen molar-refractivity contribution in [3.63, 3.8) is 0 Å². The summed E-state index contributed by atoms with van der Waals surface area (Å²) in [5.41, 5.74) is 5.76. The van der Waals surface area contributed by atoms with Crippen LogP contribution in [0.15, 0.2) is 48.3 Å². The Morgan fingerprint density at radius 2 is 0.806 bits per heavy atom. The summed E-state index contributed by atoms with van der Waals surface area (Å²) in [5, 5.41) is 0. The van der Waals surface area contributed by atoms with E-state index in [1.54, 1.807) is 0 Å². The highest BCUT2D eigenvalue weighted by Crippen LogP contribution is 2.45. The van der Waals surface area contributed by atoms with E-state index in [0.29, 0.717) is 0 Å². The van der Waals surface area contributed by atoms with Gasteiger partial charge in [-0.1, -0.05) is 91.8 Å². The lowest BCUT2D eigenvalue weighted by Crippen LogP contribution is -2.30. The number of nitrogens with zero attached hydrogens (tertiary/aromatic N) is 2. The van der Waals surface area contributed by atoms with Crippen molar-refractivity contribution >= 4 is 11.4 Å². The highest BCUT2D eigenvalue weighted by atomic mass is 19.2. The van der Waals surface area contributed by atoms with Gasteiger partial charge in [-0.2, -0.15) is 8.78 Å². The lowest BCUT2D eigenvalue weighted by Gasteiger charge is -2.30. The smallest absolute Gasteiger partial charge is 0.249 e. The molecule has 31 heavy (non-hydrogen) atoms. The highest BCUT2D eigenvalue weighted by Gasteiger charge is 2.37. The molecule has 3 rings (SSSR count). The van der Waals surface area contributed by atoms with E-state index in [1.165, 1.54) is 9.80 Å². The molecule has 0 N–H and O–H groups in total. The summed E-state index contributed by atoms with van der Waals surface area (Å²) in [6.45, 7) is 16.9. The van der Waals surface area contributed by atoms with E-state index in [1.807, 2.05) is 36.4 Å². The van der Waals surface area contributed by atoms with E-state index in [9.17, 15) is 0 Å². The van der Waals surface area contributed by atoms with Crippen molar-refractivity contribution in [3.05, 3.63) is 70.6 Å². The SMILES string of the molecule is CC(C)c1cccc(C(C)C)c1N1CN(c2c(C(C)C)cccc2C(C)C)C(F)=C1F. The monoisotopic (exact) mass is 426 g/mol. The maximum Gasteiger partial charge on any atom is 0.249 e. The molecule has 0 amide bonds. The van der Waals surface area contributed by atoms with Gasteiger partial charge in [-0.3, -0.25) is 9.80 Å². The summed E-state index contributed by atoms with van der Waals surface area (Å²) in [5.74, 6) is -0.798. The molecule has 0 atom stereocenters. The molecule has 0 aromatic heterocycles. The van der Waals surface area contributed by atoms with Crippen LogP contribution < -0.4 is 9.80 Å². The van der Waals surface area contributed by atoms with Crippen LogP contribution in [0.1, 0.15) is 101 Å². The predicted octanol–water partition coefficient (Wildman–Crippen LogP) is 8.53. The van der Waals surface area contributed by atoms with E-state index >= 15 is 8.78 Å². The molecule has 0 unspecified atom stereocenters. The zero-order valence-corrected chi connectivity index (χ0v) is 20.1. The van der Waals surface area contributed by atoms with Crippen molar-refractivity contribution in [2.75, 3.05) is 16.5 Å². The number of benzene rings is 2. The van der Waals surface area contributed by atoms with Gasteiger partial charge in [0.1, 0.15) is 6.67 Å². The molecule has 2 aromatic rings. The van der Waals surface area contributed by atoms with Crippen LogP contribution in [-0.4, -0.2) is 6.67 Å². The Morgan fingerprint density at radius 1 is 0.548 bits per heavy atom. The molecule has 1 heterocycles. The molecule has 0 fully saturated rings. The van der Waals surface area contributed by atoms with Crippen molar-refractivity contribution < 1.29 is 8.78 Å². The quantitative estimate of drug-likeness (QED) is 0.427. The molecule has 168 valence electrons. The van der Waals surface area contributed by atoms with Gasteiger partial charge in [0.05, 0.1) is 11.4 Å². The summed E-state index contributed by atoms with van der Waals surface area (Å²) in [4.78, 5) is 3.06. The van der Waals surface area contributed by atoms with Crippen molar-refractivity contribution in [2.24, 2.45) is 0 Å². The van der Waals surface area contributed by atoms with Crippen LogP contribution in [0.25, 0.3) is 0 Å². The number of halogens is 2. The molecule has 2 aromatic carbocycles. The molecule has 0 bridgehead atoms. The Labute approximate surface area is 186 Å². The minimum atomic E-state index is -0.803. The minimum absolute atomic E-state index is 0.130. The first-order valence-corrected chi connectivity index (χ1v) is 11.4. The second kappa shape index (κ2) is 9.02. The van der Waals surface area contributed by atoms with E-state index < -0.39 is 11.9 Å². The molecule has 4 heteroatoms. The Bertz CT molecular complexity index is 843. The Kier molecular flexibility index (Phi) is 6.78. The van der Waals surface area contributed by atoms with Crippen LogP contribution in [0.5, 0.6) is 0 Å². The van der Waals surface area contributed by atoms with E-state index in [0.717, 1.165) is 33.6 Å². The third kappa shape index (κ3) is 4.22. The second-order valence-corrected chi connectivity index (χ2v) is 9.77. The fourth-order valence-electron chi connectivity index (χ4n) is 4.47. The summed E-state index contributed by atoms with van der Waals surface area (Å²) in [7, 11) is 0. The van der Waals surface area contributed by atoms with Crippen LogP contribution in [0.3, 0.4) is 0 Å². The van der Waals surface area contributed by atoms with Gasteiger partial charge in [0.25, 0.3) is 0 Å². The van der Waals surface area contributed by atoms with Gasteiger partial charge >= 0.3 is 0 Å². The number of hydrogen-bond donors (Lipinski definition) is 0. The van der Waals surface area contributed by atoms with Crippen LogP contribution in [0.2, 0.25) is 0 Å². The highest BCUT2D eigenvalue weighted by molar-refractivity contribution is 5.72. The fourth-order valence-corrected chi connectivity index (χ4v) is 4.47. The first-order valence-electron chi connectivity index (χ1n) is 11.4. The third-order valence-electron chi connectivity index (χ3n) is 6.15. The third-order valence-corrected chi connectivity index (χ3v) is 6.15. The molecule has 0 spiro atoms. The van der Waals surface area contributed by atoms with Crippen LogP contribution in [-0.2, 0) is 0 Å². The minimum Gasteiger partial charge on any atom is -0.295 e. The lowest BCUT2D eigenvalue weighted by molar-refractivity contribution is 0.537.